The Hall–Kier alpha value is -4.19. The third-order valence-corrected chi connectivity index (χ3v) is 4.94. The standard InChI is InChI=1S/C23H19F3N6O3/c1-13(33)20(34)16-10-14(4-6-29-21-19-22(32-12-31-21)30-9-8-28-19)2-3-17(16)35-18-11-15(5-7-27-18)23(24,25)26/h2-3,5,7-13,33H,4,6H2,1H3,(H,29,30,31,32). The molecule has 12 heteroatoms. The number of pyridine rings is 1. The van der Waals surface area contributed by atoms with Crippen LogP contribution < -0.4 is 10.1 Å². The number of halogens is 3. The lowest BCUT2D eigenvalue weighted by Crippen LogP contribution is -2.17. The minimum atomic E-state index is -4.57. The third kappa shape index (κ3) is 5.66. The van der Waals surface area contributed by atoms with E-state index in [-0.39, 0.29) is 17.2 Å². The number of ether oxygens (including phenoxy) is 1. The second kappa shape index (κ2) is 9.97. The van der Waals surface area contributed by atoms with E-state index in [1.807, 2.05) is 0 Å². The third-order valence-electron chi connectivity index (χ3n) is 4.94. The zero-order valence-corrected chi connectivity index (χ0v) is 18.3. The molecule has 2 N–H and O–H groups in total. The van der Waals surface area contributed by atoms with Gasteiger partial charge in [0.05, 0.1) is 11.1 Å². The van der Waals surface area contributed by atoms with Crippen LogP contribution in [0.25, 0.3) is 11.2 Å². The van der Waals surface area contributed by atoms with Gasteiger partial charge in [0.1, 0.15) is 23.7 Å². The molecule has 3 aromatic heterocycles. The van der Waals surface area contributed by atoms with Gasteiger partial charge in [-0.1, -0.05) is 6.07 Å². The molecule has 3 heterocycles. The number of carbonyl (C=O) groups is 1. The quantitative estimate of drug-likeness (QED) is 0.359. The number of hydrogen-bond acceptors (Lipinski definition) is 9. The van der Waals surface area contributed by atoms with Gasteiger partial charge in [0.2, 0.25) is 5.88 Å². The molecule has 0 fully saturated rings. The van der Waals surface area contributed by atoms with Crippen LogP contribution in [0, 0.1) is 0 Å². The van der Waals surface area contributed by atoms with E-state index in [1.165, 1.54) is 37.8 Å². The molecule has 0 aliphatic carbocycles. The van der Waals surface area contributed by atoms with Crippen molar-refractivity contribution in [3.05, 3.63) is 71.9 Å². The molecule has 0 aliphatic heterocycles. The van der Waals surface area contributed by atoms with E-state index >= 15 is 0 Å². The Labute approximate surface area is 197 Å². The number of anilines is 1. The number of Topliss-reactive ketones (excluding diaryl/α,β-unsaturated/α-hetero) is 1. The summed E-state index contributed by atoms with van der Waals surface area (Å²) in [6, 6.07) is 6.21. The van der Waals surface area contributed by atoms with Crippen molar-refractivity contribution in [3.63, 3.8) is 0 Å². The fraction of sp³-hybridized carbons (Fsp3) is 0.217. The average molecular weight is 484 g/mol. The van der Waals surface area contributed by atoms with Crippen LogP contribution in [0.3, 0.4) is 0 Å². The maximum Gasteiger partial charge on any atom is 0.416 e. The monoisotopic (exact) mass is 484 g/mol. The zero-order chi connectivity index (χ0) is 25.0. The van der Waals surface area contributed by atoms with Gasteiger partial charge in [-0.05, 0) is 37.1 Å². The van der Waals surface area contributed by atoms with Crippen LogP contribution in [0.5, 0.6) is 11.6 Å². The fourth-order valence-corrected chi connectivity index (χ4v) is 3.24. The van der Waals surface area contributed by atoms with Gasteiger partial charge >= 0.3 is 6.18 Å². The smallest absolute Gasteiger partial charge is 0.416 e. The largest absolute Gasteiger partial charge is 0.438 e. The second-order valence-electron chi connectivity index (χ2n) is 7.48. The highest BCUT2D eigenvalue weighted by atomic mass is 19.4. The molecule has 0 bridgehead atoms. The first kappa shape index (κ1) is 24.0. The van der Waals surface area contributed by atoms with E-state index in [0.717, 1.165) is 23.9 Å². The predicted octanol–water partition coefficient (Wildman–Crippen LogP) is 3.84. The Kier molecular flexibility index (Phi) is 6.82. The van der Waals surface area contributed by atoms with Gasteiger partial charge in [0.25, 0.3) is 0 Å². The highest BCUT2D eigenvalue weighted by Crippen LogP contribution is 2.33. The van der Waals surface area contributed by atoms with Gasteiger partial charge in [-0.15, -0.1) is 0 Å². The molecule has 4 rings (SSSR count). The Bertz CT molecular complexity index is 1360. The number of nitrogens with one attached hydrogen (secondary N) is 1. The van der Waals surface area contributed by atoms with Crippen LogP contribution in [-0.2, 0) is 12.6 Å². The molecule has 0 radical (unpaired) electrons. The van der Waals surface area contributed by atoms with Crippen molar-refractivity contribution in [1.29, 1.82) is 0 Å². The van der Waals surface area contributed by atoms with Crippen LogP contribution in [-0.4, -0.2) is 48.5 Å². The Morgan fingerprint density at radius 1 is 1.06 bits per heavy atom. The lowest BCUT2D eigenvalue weighted by atomic mass is 10.0. The number of rotatable bonds is 8. The summed E-state index contributed by atoms with van der Waals surface area (Å²) >= 11 is 0. The van der Waals surface area contributed by atoms with Gasteiger partial charge in [0.15, 0.2) is 17.2 Å². The molecule has 0 amide bonds. The molecule has 0 saturated heterocycles. The summed E-state index contributed by atoms with van der Waals surface area (Å²) in [6.45, 7) is 1.71. The minimum Gasteiger partial charge on any atom is -0.438 e. The molecule has 1 aromatic carbocycles. The van der Waals surface area contributed by atoms with Crippen LogP contribution >= 0.6 is 0 Å². The summed E-state index contributed by atoms with van der Waals surface area (Å²) in [5, 5.41) is 13.0. The predicted molar refractivity (Wildman–Crippen MR) is 119 cm³/mol. The molecule has 0 spiro atoms. The molecule has 180 valence electrons. The lowest BCUT2D eigenvalue weighted by Gasteiger charge is -2.14. The van der Waals surface area contributed by atoms with E-state index < -0.39 is 23.6 Å². The van der Waals surface area contributed by atoms with Gasteiger partial charge in [-0.2, -0.15) is 13.2 Å². The molecule has 0 saturated carbocycles. The number of ketones is 1. The number of aliphatic hydroxyl groups excluding tert-OH is 1. The highest BCUT2D eigenvalue weighted by Gasteiger charge is 2.31. The SMILES string of the molecule is CC(O)C(=O)c1cc(CCNc2ncnc3nccnc23)ccc1Oc1cc(C(F)(F)F)ccn1. The number of carbonyl (C=O) groups excluding carboxylic acids is 1. The van der Waals surface area contributed by atoms with Crippen molar-refractivity contribution in [2.24, 2.45) is 0 Å². The van der Waals surface area contributed by atoms with Crippen LogP contribution in [0.2, 0.25) is 0 Å². The first-order valence-corrected chi connectivity index (χ1v) is 10.4. The van der Waals surface area contributed by atoms with Crippen molar-refractivity contribution in [2.75, 3.05) is 11.9 Å². The Balaban J connectivity index is 1.54. The number of hydrogen-bond donors (Lipinski definition) is 2. The van der Waals surface area contributed by atoms with Crippen LogP contribution in [0.1, 0.15) is 28.4 Å². The normalized spacial score (nSPS) is 12.4. The van der Waals surface area contributed by atoms with Crippen molar-refractivity contribution < 1.29 is 27.8 Å². The first-order chi connectivity index (χ1) is 16.7. The maximum atomic E-state index is 13.0. The molecular weight excluding hydrogens is 465 g/mol. The maximum absolute atomic E-state index is 13.0. The minimum absolute atomic E-state index is 0.0171. The second-order valence-corrected chi connectivity index (χ2v) is 7.48. The molecule has 35 heavy (non-hydrogen) atoms. The van der Waals surface area contributed by atoms with E-state index in [9.17, 15) is 23.1 Å². The van der Waals surface area contributed by atoms with Crippen molar-refractivity contribution in [1.82, 2.24) is 24.9 Å². The molecule has 9 nitrogen and oxygen atoms in total. The van der Waals surface area contributed by atoms with E-state index in [2.05, 4.69) is 30.2 Å². The number of benzene rings is 1. The molecule has 4 aromatic rings. The Morgan fingerprint density at radius 3 is 2.63 bits per heavy atom. The summed E-state index contributed by atoms with van der Waals surface area (Å²) in [4.78, 5) is 33.0. The average Bonchev–Trinajstić information content (AvgIpc) is 2.84. The van der Waals surface area contributed by atoms with Gasteiger partial charge in [0, 0.05) is 31.2 Å². The molecule has 1 unspecified atom stereocenters. The van der Waals surface area contributed by atoms with E-state index in [4.69, 9.17) is 4.74 Å². The highest BCUT2D eigenvalue weighted by molar-refractivity contribution is 6.01. The topological polar surface area (TPSA) is 123 Å². The van der Waals surface area contributed by atoms with Crippen molar-refractivity contribution in [3.8, 4) is 11.6 Å². The number of aromatic nitrogens is 5. The first-order valence-electron chi connectivity index (χ1n) is 10.4. The lowest BCUT2D eigenvalue weighted by molar-refractivity contribution is -0.137. The molecular formula is C23H19F3N6O3. The zero-order valence-electron chi connectivity index (χ0n) is 18.3. The number of aliphatic hydroxyl groups is 1. The van der Waals surface area contributed by atoms with Gasteiger partial charge in [-0.3, -0.25) is 4.79 Å². The van der Waals surface area contributed by atoms with Gasteiger partial charge < -0.3 is 15.2 Å². The molecule has 0 aliphatic rings. The summed E-state index contributed by atoms with van der Waals surface area (Å²) in [5.74, 6) is -0.486. The van der Waals surface area contributed by atoms with Crippen LogP contribution in [0.4, 0.5) is 19.0 Å². The van der Waals surface area contributed by atoms with Crippen molar-refractivity contribution >= 4 is 22.8 Å². The van der Waals surface area contributed by atoms with Crippen LogP contribution in [0.15, 0.2) is 55.2 Å². The summed E-state index contributed by atoms with van der Waals surface area (Å²) in [5.41, 5.74) is 0.762. The van der Waals surface area contributed by atoms with E-state index in [1.54, 1.807) is 6.07 Å². The fourth-order valence-electron chi connectivity index (χ4n) is 3.24. The summed E-state index contributed by atoms with van der Waals surface area (Å²) in [6.07, 6.45) is -0.0696. The van der Waals surface area contributed by atoms with Crippen molar-refractivity contribution in [2.45, 2.75) is 25.6 Å². The molecule has 1 atom stereocenters. The van der Waals surface area contributed by atoms with E-state index in [0.29, 0.717) is 29.9 Å². The number of nitrogens with zero attached hydrogens (tertiary/aromatic N) is 5. The summed E-state index contributed by atoms with van der Waals surface area (Å²) in [7, 11) is 0. The number of alkyl halides is 3. The summed E-state index contributed by atoms with van der Waals surface area (Å²) < 4.78 is 44.5. The van der Waals surface area contributed by atoms with Gasteiger partial charge in [-0.25, -0.2) is 24.9 Å². The number of fused-ring (bicyclic) bond motifs is 1. The Morgan fingerprint density at radius 2 is 1.86 bits per heavy atom.